The maximum Gasteiger partial charge on any atom is 0.408 e. The summed E-state index contributed by atoms with van der Waals surface area (Å²) in [5, 5.41) is 5.43. The summed E-state index contributed by atoms with van der Waals surface area (Å²) in [6.07, 6.45) is -0.530. The highest BCUT2D eigenvalue weighted by Gasteiger charge is 2.36. The number of esters is 1. The van der Waals surface area contributed by atoms with Crippen molar-refractivity contribution in [3.63, 3.8) is 0 Å². The highest BCUT2D eigenvalue weighted by molar-refractivity contribution is 5.93. The fourth-order valence-corrected chi connectivity index (χ4v) is 4.24. The molecule has 0 fully saturated rings. The lowest BCUT2D eigenvalue weighted by Crippen LogP contribution is -2.54. The first-order chi connectivity index (χ1) is 19.0. The van der Waals surface area contributed by atoms with Gasteiger partial charge >= 0.3 is 12.1 Å². The number of hydrogen-bond acceptors (Lipinski definition) is 6. The Morgan fingerprint density at radius 3 is 2.00 bits per heavy atom. The second-order valence-electron chi connectivity index (χ2n) is 12.1. The minimum atomic E-state index is -1.07. The van der Waals surface area contributed by atoms with Gasteiger partial charge in [0.25, 0.3) is 0 Å². The first-order valence-corrected chi connectivity index (χ1v) is 13.9. The highest BCUT2D eigenvalue weighted by atomic mass is 16.6. The van der Waals surface area contributed by atoms with E-state index in [1.54, 1.807) is 67.5 Å². The number of amides is 3. The predicted octanol–water partition coefficient (Wildman–Crippen LogP) is 4.87. The molecule has 41 heavy (non-hydrogen) atoms. The van der Waals surface area contributed by atoms with Gasteiger partial charge in [0.1, 0.15) is 29.3 Å². The van der Waals surface area contributed by atoms with Gasteiger partial charge in [0.15, 0.2) is 0 Å². The monoisotopic (exact) mass is 567 g/mol. The molecule has 0 spiro atoms. The molecule has 9 heteroatoms. The molecule has 0 aliphatic heterocycles. The average molecular weight is 568 g/mol. The zero-order valence-electron chi connectivity index (χ0n) is 25.7. The maximum absolute atomic E-state index is 14.0. The fourth-order valence-electron chi connectivity index (χ4n) is 4.24. The van der Waals surface area contributed by atoms with E-state index in [9.17, 15) is 19.2 Å². The number of carbonyl (C=O) groups is 4. The van der Waals surface area contributed by atoms with Gasteiger partial charge in [0.05, 0.1) is 0 Å². The standard InChI is InChI=1S/C32H45N3O6/c1-10-35(28(37)22(3)33-30(39)41-32(7,8)9)26(24-18-14-15-21(2)19-24)27(36)34-25(29(38)40-31(4,5)6)20-23-16-12-11-13-17-23/h11-19,22,25-26H,10,20H2,1-9H3,(H,33,39)(H,34,36). The number of ether oxygens (including phenoxy) is 2. The molecule has 2 aromatic rings. The van der Waals surface area contributed by atoms with Crippen molar-refractivity contribution in [2.24, 2.45) is 0 Å². The van der Waals surface area contributed by atoms with E-state index in [2.05, 4.69) is 10.6 Å². The molecule has 0 bridgehead atoms. The molecule has 0 saturated carbocycles. The number of benzene rings is 2. The number of hydrogen-bond donors (Lipinski definition) is 2. The third-order valence-corrected chi connectivity index (χ3v) is 5.94. The third-order valence-electron chi connectivity index (χ3n) is 5.94. The van der Waals surface area contributed by atoms with Crippen molar-refractivity contribution in [1.82, 2.24) is 15.5 Å². The summed E-state index contributed by atoms with van der Waals surface area (Å²) in [4.78, 5) is 54.7. The molecule has 0 heterocycles. The zero-order chi connectivity index (χ0) is 31.0. The van der Waals surface area contributed by atoms with E-state index in [4.69, 9.17) is 9.47 Å². The van der Waals surface area contributed by atoms with E-state index < -0.39 is 53.2 Å². The lowest BCUT2D eigenvalue weighted by atomic mass is 9.99. The Bertz CT molecular complexity index is 1200. The molecule has 9 nitrogen and oxygen atoms in total. The molecule has 0 aromatic heterocycles. The number of carbonyl (C=O) groups excluding carboxylic acids is 4. The van der Waals surface area contributed by atoms with Gasteiger partial charge in [0.2, 0.25) is 11.8 Å². The van der Waals surface area contributed by atoms with Crippen LogP contribution in [0.15, 0.2) is 54.6 Å². The highest BCUT2D eigenvalue weighted by Crippen LogP contribution is 2.24. The molecule has 2 rings (SSSR count). The lowest BCUT2D eigenvalue weighted by molar-refractivity contribution is -0.159. The minimum Gasteiger partial charge on any atom is -0.458 e. The van der Waals surface area contributed by atoms with Crippen LogP contribution in [-0.2, 0) is 30.3 Å². The van der Waals surface area contributed by atoms with E-state index in [-0.39, 0.29) is 13.0 Å². The van der Waals surface area contributed by atoms with Gasteiger partial charge in [-0.15, -0.1) is 0 Å². The van der Waals surface area contributed by atoms with Crippen LogP contribution in [0, 0.1) is 6.92 Å². The van der Waals surface area contributed by atoms with Crippen molar-refractivity contribution in [2.45, 2.75) is 98.1 Å². The molecule has 3 amide bonds. The predicted molar refractivity (Wildman–Crippen MR) is 158 cm³/mol. The van der Waals surface area contributed by atoms with Crippen molar-refractivity contribution in [3.05, 3.63) is 71.3 Å². The first kappa shape index (κ1) is 33.3. The van der Waals surface area contributed by atoms with Crippen LogP contribution < -0.4 is 10.6 Å². The van der Waals surface area contributed by atoms with Crippen LogP contribution in [0.1, 0.15) is 78.1 Å². The van der Waals surface area contributed by atoms with E-state index in [1.165, 1.54) is 4.90 Å². The SMILES string of the molecule is CCN(C(=O)C(C)NC(=O)OC(C)(C)C)C(C(=O)NC(Cc1ccccc1)C(=O)OC(C)(C)C)c1cccc(C)c1. The van der Waals surface area contributed by atoms with Gasteiger partial charge in [-0.2, -0.15) is 0 Å². The molecule has 2 aromatic carbocycles. The van der Waals surface area contributed by atoms with E-state index in [1.807, 2.05) is 49.4 Å². The smallest absolute Gasteiger partial charge is 0.408 e. The third kappa shape index (κ3) is 10.9. The maximum atomic E-state index is 14.0. The van der Waals surface area contributed by atoms with Crippen molar-refractivity contribution in [3.8, 4) is 0 Å². The number of rotatable bonds is 10. The Morgan fingerprint density at radius 1 is 0.854 bits per heavy atom. The second-order valence-corrected chi connectivity index (χ2v) is 12.1. The number of nitrogens with zero attached hydrogens (tertiary/aromatic N) is 1. The van der Waals surface area contributed by atoms with Crippen molar-refractivity contribution < 1.29 is 28.7 Å². The number of nitrogens with one attached hydrogen (secondary N) is 2. The van der Waals surface area contributed by atoms with Crippen molar-refractivity contribution in [1.29, 1.82) is 0 Å². The molecular formula is C32H45N3O6. The topological polar surface area (TPSA) is 114 Å². The summed E-state index contributed by atoms with van der Waals surface area (Å²) in [6, 6.07) is 13.6. The molecule has 0 saturated heterocycles. The Morgan fingerprint density at radius 2 is 1.46 bits per heavy atom. The zero-order valence-corrected chi connectivity index (χ0v) is 25.7. The van der Waals surface area contributed by atoms with Gasteiger partial charge in [-0.25, -0.2) is 9.59 Å². The number of likely N-dealkylation sites (N-methyl/N-ethyl adjacent to an activating group) is 1. The Labute approximate surface area is 244 Å². The van der Waals surface area contributed by atoms with Crippen LogP contribution in [0.25, 0.3) is 0 Å². The quantitative estimate of drug-likeness (QED) is 0.396. The molecular weight excluding hydrogens is 522 g/mol. The average Bonchev–Trinajstić information content (AvgIpc) is 2.84. The lowest BCUT2D eigenvalue weighted by Gasteiger charge is -2.34. The summed E-state index contributed by atoms with van der Waals surface area (Å²) in [6.45, 7) is 15.8. The number of aryl methyl sites for hydroxylation is 1. The summed E-state index contributed by atoms with van der Waals surface area (Å²) in [7, 11) is 0. The van der Waals surface area contributed by atoms with Crippen LogP contribution in [0.4, 0.5) is 4.79 Å². The molecule has 3 unspecified atom stereocenters. The van der Waals surface area contributed by atoms with Crippen LogP contribution in [0.2, 0.25) is 0 Å². The largest absolute Gasteiger partial charge is 0.458 e. The Kier molecular flexibility index (Phi) is 11.5. The Hall–Kier alpha value is -3.88. The molecule has 2 N–H and O–H groups in total. The molecule has 3 atom stereocenters. The second kappa shape index (κ2) is 14.1. The first-order valence-electron chi connectivity index (χ1n) is 13.9. The van der Waals surface area contributed by atoms with Crippen LogP contribution in [0.5, 0.6) is 0 Å². The minimum absolute atomic E-state index is 0.168. The van der Waals surface area contributed by atoms with Crippen LogP contribution in [-0.4, -0.2) is 58.6 Å². The van der Waals surface area contributed by atoms with E-state index >= 15 is 0 Å². The fraction of sp³-hybridized carbons (Fsp3) is 0.500. The molecule has 224 valence electrons. The van der Waals surface area contributed by atoms with Crippen LogP contribution in [0.3, 0.4) is 0 Å². The van der Waals surface area contributed by atoms with Gasteiger partial charge in [-0.3, -0.25) is 9.59 Å². The van der Waals surface area contributed by atoms with Gasteiger partial charge < -0.3 is 25.0 Å². The summed E-state index contributed by atoms with van der Waals surface area (Å²) < 4.78 is 10.9. The van der Waals surface area contributed by atoms with Gasteiger partial charge in [-0.05, 0) is 73.4 Å². The summed E-state index contributed by atoms with van der Waals surface area (Å²) in [5.74, 6) is -1.59. The Balaban J connectivity index is 2.43. The molecule has 0 aliphatic carbocycles. The van der Waals surface area contributed by atoms with Crippen molar-refractivity contribution >= 4 is 23.9 Å². The number of alkyl carbamates (subject to hydrolysis) is 1. The molecule has 0 radical (unpaired) electrons. The summed E-state index contributed by atoms with van der Waals surface area (Å²) in [5.41, 5.74) is 0.813. The van der Waals surface area contributed by atoms with E-state index in [0.29, 0.717) is 5.56 Å². The molecule has 0 aliphatic rings. The normalized spacial score (nSPS) is 13.8. The summed E-state index contributed by atoms with van der Waals surface area (Å²) >= 11 is 0. The van der Waals surface area contributed by atoms with E-state index in [0.717, 1.165) is 11.1 Å². The van der Waals surface area contributed by atoms with Crippen LogP contribution >= 0.6 is 0 Å². The van der Waals surface area contributed by atoms with Gasteiger partial charge in [0, 0.05) is 13.0 Å². The van der Waals surface area contributed by atoms with Gasteiger partial charge in [-0.1, -0.05) is 60.2 Å². The van der Waals surface area contributed by atoms with Crippen molar-refractivity contribution in [2.75, 3.05) is 6.54 Å².